The second kappa shape index (κ2) is 8.93. The minimum Gasteiger partial charge on any atom is -0.480 e. The summed E-state index contributed by atoms with van der Waals surface area (Å²) in [5.74, 6) is -2.67. The quantitative estimate of drug-likeness (QED) is 0.309. The first kappa shape index (κ1) is 15.8. The van der Waals surface area contributed by atoms with E-state index in [2.05, 4.69) is 21.3 Å². The van der Waals surface area contributed by atoms with Crippen LogP contribution >= 0.6 is 0 Å². The third kappa shape index (κ3) is 9.09. The number of amides is 3. The number of carbonyl (C=O) groups is 4. The van der Waals surface area contributed by atoms with Gasteiger partial charge in [-0.3, -0.25) is 19.2 Å². The molecule has 0 bridgehead atoms. The topological polar surface area (TPSA) is 137 Å². The molecule has 9 heteroatoms. The van der Waals surface area contributed by atoms with Gasteiger partial charge >= 0.3 is 5.97 Å². The number of carboxylic acid groups (broad SMARTS) is 1. The summed E-state index contributed by atoms with van der Waals surface area (Å²) in [7, 11) is 1.59. The van der Waals surface area contributed by atoms with Crippen molar-refractivity contribution in [2.45, 2.75) is 0 Å². The fourth-order valence-corrected chi connectivity index (χ4v) is 0.880. The van der Waals surface area contributed by atoms with Crippen molar-refractivity contribution in [3.8, 4) is 0 Å². The van der Waals surface area contributed by atoms with Crippen LogP contribution in [0.1, 0.15) is 0 Å². The van der Waals surface area contributed by atoms with E-state index in [-0.39, 0.29) is 25.5 Å². The van der Waals surface area contributed by atoms with Crippen molar-refractivity contribution in [2.24, 2.45) is 0 Å². The summed E-state index contributed by atoms with van der Waals surface area (Å²) < 4.78 is 0. The lowest BCUT2D eigenvalue weighted by molar-refractivity contribution is -0.137. The van der Waals surface area contributed by atoms with Crippen LogP contribution in [0.5, 0.6) is 0 Å². The monoisotopic (exact) mass is 260 g/mol. The Hall–Kier alpha value is -2.16. The lowest BCUT2D eigenvalue weighted by atomic mass is 10.5. The van der Waals surface area contributed by atoms with Gasteiger partial charge in [0.25, 0.3) is 0 Å². The maximum absolute atomic E-state index is 11.2. The van der Waals surface area contributed by atoms with Crippen LogP contribution in [0, 0.1) is 0 Å². The second-order valence-corrected chi connectivity index (χ2v) is 3.25. The number of carboxylic acids is 1. The average Bonchev–Trinajstić information content (AvgIpc) is 2.31. The van der Waals surface area contributed by atoms with E-state index in [1.54, 1.807) is 7.05 Å². The van der Waals surface area contributed by atoms with Gasteiger partial charge in [-0.05, 0) is 7.05 Å². The normalized spacial score (nSPS) is 9.39. The van der Waals surface area contributed by atoms with Crippen LogP contribution in [0.25, 0.3) is 0 Å². The highest BCUT2D eigenvalue weighted by Gasteiger charge is 2.07. The van der Waals surface area contributed by atoms with E-state index in [4.69, 9.17) is 5.11 Å². The molecule has 0 saturated carbocycles. The number of likely N-dealkylation sites (N-methyl/N-ethyl adjacent to an activating group) is 1. The number of rotatable bonds is 8. The summed E-state index contributed by atoms with van der Waals surface area (Å²) in [6, 6.07) is 0. The van der Waals surface area contributed by atoms with Gasteiger partial charge in [-0.2, -0.15) is 0 Å². The zero-order valence-electron chi connectivity index (χ0n) is 9.91. The fraction of sp³-hybridized carbons (Fsp3) is 0.556. The lowest BCUT2D eigenvalue weighted by Crippen LogP contribution is -2.44. The fourth-order valence-electron chi connectivity index (χ4n) is 0.880. The van der Waals surface area contributed by atoms with Gasteiger partial charge in [0.2, 0.25) is 17.7 Å². The summed E-state index contributed by atoms with van der Waals surface area (Å²) in [5, 5.41) is 17.5. The van der Waals surface area contributed by atoms with Gasteiger partial charge in [0.05, 0.1) is 19.6 Å². The van der Waals surface area contributed by atoms with Crippen molar-refractivity contribution < 1.29 is 24.3 Å². The van der Waals surface area contributed by atoms with Crippen LogP contribution in [-0.4, -0.2) is 62.0 Å². The molecule has 0 aromatic rings. The zero-order chi connectivity index (χ0) is 14.0. The van der Waals surface area contributed by atoms with E-state index in [0.29, 0.717) is 0 Å². The van der Waals surface area contributed by atoms with Gasteiger partial charge in [0.15, 0.2) is 0 Å². The molecule has 0 spiro atoms. The molecule has 0 rings (SSSR count). The SMILES string of the molecule is CNCC(=O)NCC(=O)NCC(=O)NCC(=O)O. The molecule has 0 aromatic heterocycles. The van der Waals surface area contributed by atoms with E-state index < -0.39 is 24.3 Å². The Morgan fingerprint density at radius 1 is 0.778 bits per heavy atom. The van der Waals surface area contributed by atoms with Crippen molar-refractivity contribution in [1.82, 2.24) is 21.3 Å². The highest BCUT2D eigenvalue weighted by Crippen LogP contribution is 1.69. The minimum absolute atomic E-state index is 0.0897. The van der Waals surface area contributed by atoms with E-state index in [9.17, 15) is 19.2 Å². The molecule has 0 heterocycles. The van der Waals surface area contributed by atoms with Gasteiger partial charge in [0.1, 0.15) is 6.54 Å². The molecule has 0 aliphatic heterocycles. The number of hydrogen-bond donors (Lipinski definition) is 5. The van der Waals surface area contributed by atoms with Crippen molar-refractivity contribution in [2.75, 3.05) is 33.2 Å². The van der Waals surface area contributed by atoms with Crippen LogP contribution in [-0.2, 0) is 19.2 Å². The Bertz CT molecular complexity index is 331. The standard InChI is InChI=1S/C9H16N4O5/c1-10-2-6(14)11-3-7(15)12-4-8(16)13-5-9(17)18/h10H,2-5H2,1H3,(H,11,14)(H,12,15)(H,13,16)(H,17,18). The van der Waals surface area contributed by atoms with E-state index in [1.165, 1.54) is 0 Å². The van der Waals surface area contributed by atoms with E-state index in [0.717, 1.165) is 0 Å². The first-order valence-corrected chi connectivity index (χ1v) is 5.12. The Morgan fingerprint density at radius 2 is 1.17 bits per heavy atom. The third-order valence-electron chi connectivity index (χ3n) is 1.67. The number of carbonyl (C=O) groups excluding carboxylic acids is 3. The van der Waals surface area contributed by atoms with Gasteiger partial charge in [-0.1, -0.05) is 0 Å². The van der Waals surface area contributed by atoms with Gasteiger partial charge in [0, 0.05) is 0 Å². The van der Waals surface area contributed by atoms with Gasteiger partial charge in [-0.25, -0.2) is 0 Å². The first-order valence-electron chi connectivity index (χ1n) is 5.12. The van der Waals surface area contributed by atoms with Crippen molar-refractivity contribution >= 4 is 23.7 Å². The molecule has 0 fully saturated rings. The molecule has 5 N–H and O–H groups in total. The maximum Gasteiger partial charge on any atom is 0.322 e. The smallest absolute Gasteiger partial charge is 0.322 e. The van der Waals surface area contributed by atoms with Crippen molar-refractivity contribution in [1.29, 1.82) is 0 Å². The maximum atomic E-state index is 11.2. The second-order valence-electron chi connectivity index (χ2n) is 3.25. The first-order chi connectivity index (χ1) is 8.45. The Kier molecular flexibility index (Phi) is 7.86. The molecular formula is C9H16N4O5. The molecule has 102 valence electrons. The number of hydrogen-bond acceptors (Lipinski definition) is 5. The van der Waals surface area contributed by atoms with Crippen molar-refractivity contribution in [3.05, 3.63) is 0 Å². The Labute approximate surface area is 103 Å². The molecule has 0 aromatic carbocycles. The molecular weight excluding hydrogens is 244 g/mol. The van der Waals surface area contributed by atoms with Crippen molar-refractivity contribution in [3.63, 3.8) is 0 Å². The van der Waals surface area contributed by atoms with Gasteiger partial charge in [-0.15, -0.1) is 0 Å². The molecule has 0 atom stereocenters. The minimum atomic E-state index is -1.17. The van der Waals surface area contributed by atoms with Crippen LogP contribution < -0.4 is 21.3 Å². The zero-order valence-corrected chi connectivity index (χ0v) is 9.91. The highest BCUT2D eigenvalue weighted by atomic mass is 16.4. The summed E-state index contributed by atoms with van der Waals surface area (Å²) in [6.07, 6.45) is 0. The predicted octanol–water partition coefficient (Wildman–Crippen LogP) is -3.36. The summed E-state index contributed by atoms with van der Waals surface area (Å²) >= 11 is 0. The molecule has 18 heavy (non-hydrogen) atoms. The molecule has 3 amide bonds. The molecule has 0 aliphatic rings. The molecule has 0 aliphatic carbocycles. The van der Waals surface area contributed by atoms with Crippen LogP contribution in [0.2, 0.25) is 0 Å². The number of aliphatic carboxylic acids is 1. The highest BCUT2D eigenvalue weighted by molar-refractivity contribution is 5.89. The predicted molar refractivity (Wildman–Crippen MR) is 60.6 cm³/mol. The lowest BCUT2D eigenvalue weighted by Gasteiger charge is -2.06. The summed E-state index contributed by atoms with van der Waals surface area (Å²) in [6.45, 7) is -0.999. The van der Waals surface area contributed by atoms with Crippen LogP contribution in [0.15, 0.2) is 0 Å². The van der Waals surface area contributed by atoms with Gasteiger partial charge < -0.3 is 26.4 Å². The molecule has 0 saturated heterocycles. The summed E-state index contributed by atoms with van der Waals surface area (Å²) in [5.41, 5.74) is 0. The Morgan fingerprint density at radius 3 is 1.56 bits per heavy atom. The molecule has 0 radical (unpaired) electrons. The molecule has 0 unspecified atom stereocenters. The number of nitrogens with one attached hydrogen (secondary N) is 4. The van der Waals surface area contributed by atoms with Crippen LogP contribution in [0.3, 0.4) is 0 Å². The third-order valence-corrected chi connectivity index (χ3v) is 1.67. The van der Waals surface area contributed by atoms with E-state index >= 15 is 0 Å². The Balaban J connectivity index is 3.67. The summed E-state index contributed by atoms with van der Waals surface area (Å²) in [4.78, 5) is 43.2. The largest absolute Gasteiger partial charge is 0.480 e. The van der Waals surface area contributed by atoms with E-state index in [1.807, 2.05) is 0 Å². The van der Waals surface area contributed by atoms with Crippen LogP contribution in [0.4, 0.5) is 0 Å². The average molecular weight is 260 g/mol. The molecule has 9 nitrogen and oxygen atoms in total.